The summed E-state index contributed by atoms with van der Waals surface area (Å²) in [6.07, 6.45) is 3.50. The van der Waals surface area contributed by atoms with E-state index < -0.39 is 30.5 Å². The van der Waals surface area contributed by atoms with Gasteiger partial charge in [0.05, 0.1) is 24.5 Å². The van der Waals surface area contributed by atoms with Gasteiger partial charge >= 0.3 is 6.03 Å². The number of halogens is 2. The maximum Gasteiger partial charge on any atom is 0.320 e. The smallest absolute Gasteiger partial charge is 0.320 e. The molecule has 6 aliphatic rings. The second kappa shape index (κ2) is 13.5. The van der Waals surface area contributed by atoms with Gasteiger partial charge in [0.2, 0.25) is 5.91 Å². The van der Waals surface area contributed by atoms with Crippen molar-refractivity contribution in [1.82, 2.24) is 30.7 Å². The molecule has 0 aromatic rings. The molecule has 12 atom stereocenters. The van der Waals surface area contributed by atoms with Crippen LogP contribution in [0.3, 0.4) is 0 Å². The molecule has 6 fully saturated rings. The topological polar surface area (TPSA) is 89.2 Å². The van der Waals surface area contributed by atoms with Crippen molar-refractivity contribution in [2.24, 2.45) is 23.7 Å². The number of alkyl halides is 2. The van der Waals surface area contributed by atoms with Crippen molar-refractivity contribution in [3.63, 3.8) is 0 Å². The Balaban J connectivity index is 1.37. The summed E-state index contributed by atoms with van der Waals surface area (Å²) >= 11 is 0. The molecule has 0 spiro atoms. The molecule has 9 nitrogen and oxygen atoms in total. The van der Waals surface area contributed by atoms with Gasteiger partial charge in [-0.3, -0.25) is 15.0 Å². The zero-order valence-corrected chi connectivity index (χ0v) is 26.8. The first-order valence-electron chi connectivity index (χ1n) is 17.4. The summed E-state index contributed by atoms with van der Waals surface area (Å²) in [5, 5.41) is 10.7. The highest BCUT2D eigenvalue weighted by Gasteiger charge is 2.57. The van der Waals surface area contributed by atoms with Gasteiger partial charge < -0.3 is 25.2 Å². The number of hydrogen-bond acceptors (Lipinski definition) is 6. The van der Waals surface area contributed by atoms with Crippen molar-refractivity contribution >= 4 is 11.9 Å². The minimum Gasteiger partial charge on any atom is -0.378 e. The van der Waals surface area contributed by atoms with Crippen molar-refractivity contribution in [2.45, 2.75) is 127 Å². The van der Waals surface area contributed by atoms with Crippen LogP contribution in [0.25, 0.3) is 0 Å². The van der Waals surface area contributed by atoms with Gasteiger partial charge in [-0.2, -0.15) is 0 Å². The molecule has 11 unspecified atom stereocenters. The van der Waals surface area contributed by atoms with Gasteiger partial charge in [0.15, 0.2) is 0 Å². The third-order valence-corrected chi connectivity index (χ3v) is 11.8. The molecule has 5 heterocycles. The fourth-order valence-electron chi connectivity index (χ4n) is 9.64. The molecule has 248 valence electrons. The van der Waals surface area contributed by atoms with Crippen molar-refractivity contribution in [3.8, 4) is 0 Å². The molecule has 0 aromatic heterocycles. The van der Waals surface area contributed by atoms with Crippen LogP contribution >= 0.6 is 0 Å². The minimum absolute atomic E-state index is 0.0179. The number of rotatable bonds is 4. The van der Waals surface area contributed by atoms with E-state index in [1.807, 2.05) is 9.80 Å². The van der Waals surface area contributed by atoms with Crippen molar-refractivity contribution < 1.29 is 23.1 Å². The average Bonchev–Trinajstić information content (AvgIpc) is 3.01. The lowest BCUT2D eigenvalue weighted by molar-refractivity contribution is -0.135. The van der Waals surface area contributed by atoms with Crippen LogP contribution in [0.2, 0.25) is 0 Å². The summed E-state index contributed by atoms with van der Waals surface area (Å²) in [6, 6.07) is -0.848. The van der Waals surface area contributed by atoms with Gasteiger partial charge in [-0.25, -0.2) is 13.6 Å². The van der Waals surface area contributed by atoms with Crippen LogP contribution in [0.5, 0.6) is 0 Å². The first kappa shape index (κ1) is 32.1. The largest absolute Gasteiger partial charge is 0.378 e. The van der Waals surface area contributed by atoms with E-state index in [4.69, 9.17) is 4.74 Å². The third-order valence-electron chi connectivity index (χ3n) is 11.8. The highest BCUT2D eigenvalue weighted by molar-refractivity contribution is 5.87. The summed E-state index contributed by atoms with van der Waals surface area (Å²) in [5.74, 6) is -0.322. The van der Waals surface area contributed by atoms with Crippen LogP contribution in [-0.2, 0) is 9.53 Å². The predicted molar refractivity (Wildman–Crippen MR) is 165 cm³/mol. The number of amides is 3. The van der Waals surface area contributed by atoms with E-state index in [2.05, 4.69) is 48.2 Å². The molecule has 3 amide bonds. The lowest BCUT2D eigenvalue weighted by Gasteiger charge is -2.60. The molecule has 1 aliphatic carbocycles. The Labute approximate surface area is 261 Å². The predicted octanol–water partition coefficient (Wildman–Crippen LogP) is 3.41. The summed E-state index contributed by atoms with van der Waals surface area (Å²) in [7, 11) is 0. The van der Waals surface area contributed by atoms with Crippen LogP contribution in [-0.4, -0.2) is 114 Å². The average molecular weight is 621 g/mol. The Kier molecular flexibility index (Phi) is 9.86. The van der Waals surface area contributed by atoms with Crippen LogP contribution in [0.4, 0.5) is 13.6 Å². The normalized spacial score (nSPS) is 43.6. The summed E-state index contributed by atoms with van der Waals surface area (Å²) in [5.41, 5.74) is 0. The van der Waals surface area contributed by atoms with E-state index >= 15 is 8.78 Å². The van der Waals surface area contributed by atoms with Crippen LogP contribution in [0.15, 0.2) is 12.7 Å². The summed E-state index contributed by atoms with van der Waals surface area (Å²) in [4.78, 5) is 33.1. The quantitative estimate of drug-likeness (QED) is 0.418. The van der Waals surface area contributed by atoms with Crippen LogP contribution in [0, 0.1) is 23.7 Å². The van der Waals surface area contributed by atoms with Gasteiger partial charge in [-0.05, 0) is 75.8 Å². The van der Waals surface area contributed by atoms with Gasteiger partial charge in [-0.15, -0.1) is 0 Å². The van der Waals surface area contributed by atoms with Crippen LogP contribution < -0.4 is 16.0 Å². The Bertz CT molecular complexity index is 1050. The number of piperidine rings is 2. The molecule has 0 aromatic carbocycles. The van der Waals surface area contributed by atoms with Gasteiger partial charge in [0.1, 0.15) is 12.3 Å². The monoisotopic (exact) mass is 620 g/mol. The molecule has 0 radical (unpaired) electrons. The SMILES string of the molecule is C=CC(=O)N1CCN(C2NC(=O)N3C4NC(C(F)CC24)C2C(F)CCCC2OCCCC2CCNC(C(C)C)C23)C[C@@H]1CC. The van der Waals surface area contributed by atoms with Gasteiger partial charge in [-0.1, -0.05) is 27.4 Å². The minimum atomic E-state index is -1.27. The lowest BCUT2D eigenvalue weighted by Crippen LogP contribution is -2.79. The standard InChI is InChI=1S/C33H54F2N6O3/c1-5-21-18-39(14-15-40(21)26(42)6-2)31-22-17-24(35)29-27-23(34)10-7-11-25(27)44-16-8-9-20-12-13-36-28(19(3)4)30(20)41(32(22)37-29)33(43)38-31/h6,19-25,27-32,36-37H,2,5,7-18H2,1,3-4H3,(H,38,43)/t20?,21-,22?,23?,24?,25?,27?,28?,29?,30?,31?,32?/m0/s1. The summed E-state index contributed by atoms with van der Waals surface area (Å²) < 4.78 is 38.7. The summed E-state index contributed by atoms with van der Waals surface area (Å²) in [6.45, 7) is 13.3. The van der Waals surface area contributed by atoms with E-state index in [9.17, 15) is 9.59 Å². The molecule has 2 bridgehead atoms. The second-order valence-corrected chi connectivity index (χ2v) is 14.5. The van der Waals surface area contributed by atoms with Gasteiger partial charge in [0.25, 0.3) is 0 Å². The molecule has 5 saturated heterocycles. The van der Waals surface area contributed by atoms with Crippen molar-refractivity contribution in [3.05, 3.63) is 12.7 Å². The van der Waals surface area contributed by atoms with E-state index in [1.54, 1.807) is 0 Å². The number of carbonyl (C=O) groups excluding carboxylic acids is 2. The zero-order chi connectivity index (χ0) is 31.1. The maximum absolute atomic E-state index is 16.5. The molecule has 5 aliphatic heterocycles. The molecule has 44 heavy (non-hydrogen) atoms. The number of hydrogen-bond donors (Lipinski definition) is 3. The Morgan fingerprint density at radius 2 is 1.93 bits per heavy atom. The van der Waals surface area contributed by atoms with Crippen molar-refractivity contribution in [1.29, 1.82) is 0 Å². The van der Waals surface area contributed by atoms with E-state index in [-0.39, 0.29) is 60.6 Å². The molecule has 11 heteroatoms. The number of piperazine rings is 1. The van der Waals surface area contributed by atoms with E-state index in [0.29, 0.717) is 38.6 Å². The first-order valence-corrected chi connectivity index (χ1v) is 17.4. The highest BCUT2D eigenvalue weighted by atomic mass is 19.1. The Morgan fingerprint density at radius 1 is 1.11 bits per heavy atom. The molecular formula is C33H54F2N6O3. The van der Waals surface area contributed by atoms with E-state index in [0.717, 1.165) is 45.1 Å². The number of nitrogens with zero attached hydrogens (tertiary/aromatic N) is 3. The number of nitrogens with one attached hydrogen (secondary N) is 3. The fraction of sp³-hybridized carbons (Fsp3) is 0.879. The molecule has 3 N–H and O–H groups in total. The molecule has 1 saturated carbocycles. The lowest BCUT2D eigenvalue weighted by atomic mass is 9.72. The number of carbonyl (C=O) groups is 2. The number of fused-ring (bicyclic) bond motifs is 5. The Morgan fingerprint density at radius 3 is 2.68 bits per heavy atom. The first-order chi connectivity index (χ1) is 21.2. The number of urea groups is 1. The zero-order valence-electron chi connectivity index (χ0n) is 26.8. The Hall–Kier alpha value is -1.82. The third kappa shape index (κ3) is 5.91. The fourth-order valence-corrected chi connectivity index (χ4v) is 9.64. The van der Waals surface area contributed by atoms with Crippen molar-refractivity contribution in [2.75, 3.05) is 32.8 Å². The molecular weight excluding hydrogens is 566 g/mol. The van der Waals surface area contributed by atoms with Gasteiger partial charge in [0, 0.05) is 56.2 Å². The maximum atomic E-state index is 16.5. The highest BCUT2D eigenvalue weighted by Crippen LogP contribution is 2.43. The molecule has 6 rings (SSSR count). The van der Waals surface area contributed by atoms with E-state index in [1.165, 1.54) is 6.08 Å². The second-order valence-electron chi connectivity index (χ2n) is 14.5. The number of ether oxygens (including phenoxy) is 1. The van der Waals surface area contributed by atoms with Crippen LogP contribution in [0.1, 0.15) is 72.1 Å².